The van der Waals surface area contributed by atoms with Crippen molar-refractivity contribution in [2.24, 2.45) is 0 Å². The molecule has 0 amide bonds. The Morgan fingerprint density at radius 2 is 1.93 bits per heavy atom. The van der Waals surface area contributed by atoms with Crippen LogP contribution in [0.15, 0.2) is 24.8 Å². The molecular formula is C8H7ClN4O. The number of anilines is 1. The van der Waals surface area contributed by atoms with Crippen LogP contribution in [-0.2, 0) is 0 Å². The lowest BCUT2D eigenvalue weighted by molar-refractivity contribution is 0.472. The molecule has 0 unspecified atom stereocenters. The number of halogens is 1. The number of aromatic hydroxyl groups is 1. The number of nitrogen functional groups attached to an aromatic ring is 1. The maximum Gasteiger partial charge on any atom is 0.158 e. The van der Waals surface area contributed by atoms with Crippen LogP contribution in [0.3, 0.4) is 0 Å². The minimum Gasteiger partial charge on any atom is -0.504 e. The molecule has 0 bridgehead atoms. The monoisotopic (exact) mass is 210 g/mol. The first-order valence-corrected chi connectivity index (χ1v) is 4.19. The molecule has 0 aliphatic rings. The third-order valence-corrected chi connectivity index (χ3v) is 2.05. The number of nitrogens with zero attached hydrogens (tertiary/aromatic N) is 3. The van der Waals surface area contributed by atoms with Crippen LogP contribution >= 0.6 is 11.6 Å². The van der Waals surface area contributed by atoms with E-state index in [9.17, 15) is 5.11 Å². The van der Waals surface area contributed by atoms with Gasteiger partial charge in [-0.05, 0) is 12.1 Å². The maximum absolute atomic E-state index is 9.63. The molecule has 72 valence electrons. The lowest BCUT2D eigenvalue weighted by atomic mass is 10.2. The van der Waals surface area contributed by atoms with E-state index in [0.717, 1.165) is 0 Å². The fraction of sp³-hybridized carbons (Fsp3) is 0. The van der Waals surface area contributed by atoms with Gasteiger partial charge in [0.25, 0.3) is 0 Å². The highest BCUT2D eigenvalue weighted by molar-refractivity contribution is 6.32. The summed E-state index contributed by atoms with van der Waals surface area (Å²) in [6.45, 7) is 0. The Bertz CT molecular complexity index is 455. The summed E-state index contributed by atoms with van der Waals surface area (Å²) in [6.07, 6.45) is 2.90. The predicted molar refractivity (Wildman–Crippen MR) is 52.4 cm³/mol. The second-order valence-corrected chi connectivity index (χ2v) is 3.15. The van der Waals surface area contributed by atoms with Gasteiger partial charge in [-0.1, -0.05) is 11.6 Å². The number of nitrogens with two attached hydrogens (primary N) is 1. The average Bonchev–Trinajstić information content (AvgIpc) is 2.63. The number of aromatic nitrogens is 3. The molecule has 0 atom stereocenters. The highest BCUT2D eigenvalue weighted by Crippen LogP contribution is 2.32. The SMILES string of the molecule is Nc1cc(Cl)c(O)c(-n2cnnc2)c1. The zero-order valence-electron chi connectivity index (χ0n) is 7.05. The Hall–Kier alpha value is -1.75. The fourth-order valence-electron chi connectivity index (χ4n) is 1.13. The van der Waals surface area contributed by atoms with E-state index in [0.29, 0.717) is 11.4 Å². The van der Waals surface area contributed by atoms with Gasteiger partial charge >= 0.3 is 0 Å². The summed E-state index contributed by atoms with van der Waals surface area (Å²) >= 11 is 5.75. The predicted octanol–water partition coefficient (Wildman–Crippen LogP) is 1.21. The smallest absolute Gasteiger partial charge is 0.158 e. The average molecular weight is 211 g/mol. The highest BCUT2D eigenvalue weighted by atomic mass is 35.5. The van der Waals surface area contributed by atoms with Crippen LogP contribution in [-0.4, -0.2) is 19.9 Å². The van der Waals surface area contributed by atoms with Crippen LogP contribution < -0.4 is 5.73 Å². The molecule has 0 saturated carbocycles. The molecule has 2 rings (SSSR count). The number of rotatable bonds is 1. The van der Waals surface area contributed by atoms with E-state index in [1.54, 1.807) is 6.07 Å². The Kier molecular flexibility index (Phi) is 2.01. The number of benzene rings is 1. The van der Waals surface area contributed by atoms with Crippen LogP contribution in [0.1, 0.15) is 0 Å². The van der Waals surface area contributed by atoms with Crippen molar-refractivity contribution >= 4 is 17.3 Å². The molecule has 1 aromatic carbocycles. The number of hydrogen-bond acceptors (Lipinski definition) is 4. The summed E-state index contributed by atoms with van der Waals surface area (Å²) in [5.41, 5.74) is 6.51. The fourth-order valence-corrected chi connectivity index (χ4v) is 1.35. The third kappa shape index (κ3) is 1.38. The first-order chi connectivity index (χ1) is 6.68. The maximum atomic E-state index is 9.63. The van der Waals surface area contributed by atoms with Gasteiger partial charge in [-0.15, -0.1) is 10.2 Å². The Morgan fingerprint density at radius 1 is 1.29 bits per heavy atom. The van der Waals surface area contributed by atoms with Crippen LogP contribution in [0.25, 0.3) is 5.69 Å². The first kappa shape index (κ1) is 8.83. The van der Waals surface area contributed by atoms with E-state index >= 15 is 0 Å². The molecule has 2 aromatic rings. The van der Waals surface area contributed by atoms with Crippen LogP contribution in [0, 0.1) is 0 Å². The zero-order valence-corrected chi connectivity index (χ0v) is 7.81. The molecule has 1 heterocycles. The normalized spacial score (nSPS) is 10.4. The van der Waals surface area contributed by atoms with Crippen molar-refractivity contribution in [3.8, 4) is 11.4 Å². The molecule has 0 aliphatic heterocycles. The largest absolute Gasteiger partial charge is 0.504 e. The van der Waals surface area contributed by atoms with Gasteiger partial charge < -0.3 is 10.8 Å². The Balaban J connectivity index is 2.64. The van der Waals surface area contributed by atoms with Crippen molar-refractivity contribution in [2.45, 2.75) is 0 Å². The summed E-state index contributed by atoms with van der Waals surface area (Å²) in [7, 11) is 0. The van der Waals surface area contributed by atoms with Gasteiger partial charge in [0.05, 0.1) is 10.7 Å². The van der Waals surface area contributed by atoms with Crippen LogP contribution in [0.4, 0.5) is 5.69 Å². The van der Waals surface area contributed by atoms with Crippen molar-refractivity contribution in [1.29, 1.82) is 0 Å². The van der Waals surface area contributed by atoms with E-state index < -0.39 is 0 Å². The standard InChI is InChI=1S/C8H7ClN4O/c9-6-1-5(10)2-7(8(6)14)13-3-11-12-4-13/h1-4,14H,10H2. The molecule has 1 aromatic heterocycles. The summed E-state index contributed by atoms with van der Waals surface area (Å²) in [4.78, 5) is 0. The second kappa shape index (κ2) is 3.19. The molecule has 14 heavy (non-hydrogen) atoms. The van der Waals surface area contributed by atoms with Crippen LogP contribution in [0.5, 0.6) is 5.75 Å². The van der Waals surface area contributed by atoms with Gasteiger partial charge in [-0.2, -0.15) is 0 Å². The molecule has 0 saturated heterocycles. The van der Waals surface area contributed by atoms with Gasteiger partial charge in [0.15, 0.2) is 5.75 Å². The van der Waals surface area contributed by atoms with E-state index in [-0.39, 0.29) is 10.8 Å². The molecular weight excluding hydrogens is 204 g/mol. The van der Waals surface area contributed by atoms with Gasteiger partial charge in [0.2, 0.25) is 0 Å². The molecule has 0 fully saturated rings. The van der Waals surface area contributed by atoms with E-state index in [2.05, 4.69) is 10.2 Å². The molecule has 0 spiro atoms. The molecule has 5 nitrogen and oxygen atoms in total. The number of phenolic OH excluding ortho intramolecular Hbond substituents is 1. The third-order valence-electron chi connectivity index (χ3n) is 1.76. The second-order valence-electron chi connectivity index (χ2n) is 2.74. The zero-order chi connectivity index (χ0) is 10.1. The summed E-state index contributed by atoms with van der Waals surface area (Å²) < 4.78 is 1.53. The van der Waals surface area contributed by atoms with Gasteiger partial charge in [0, 0.05) is 5.69 Å². The van der Waals surface area contributed by atoms with E-state index in [1.165, 1.54) is 23.3 Å². The quantitative estimate of drug-likeness (QED) is 0.548. The van der Waals surface area contributed by atoms with Crippen molar-refractivity contribution in [2.75, 3.05) is 5.73 Å². The highest BCUT2D eigenvalue weighted by Gasteiger charge is 2.08. The van der Waals surface area contributed by atoms with Gasteiger partial charge in [-0.3, -0.25) is 4.57 Å². The van der Waals surface area contributed by atoms with Crippen molar-refractivity contribution < 1.29 is 5.11 Å². The lowest BCUT2D eigenvalue weighted by Gasteiger charge is -2.07. The summed E-state index contributed by atoms with van der Waals surface area (Å²) in [5, 5.41) is 17.1. The lowest BCUT2D eigenvalue weighted by Crippen LogP contribution is -1.94. The molecule has 6 heteroatoms. The minimum absolute atomic E-state index is 0.0410. The van der Waals surface area contributed by atoms with Crippen molar-refractivity contribution in [3.05, 3.63) is 29.8 Å². The number of phenols is 1. The first-order valence-electron chi connectivity index (χ1n) is 3.81. The minimum atomic E-state index is -0.0410. The summed E-state index contributed by atoms with van der Waals surface area (Å²) in [5.74, 6) is -0.0410. The topological polar surface area (TPSA) is 77.0 Å². The van der Waals surface area contributed by atoms with Crippen molar-refractivity contribution in [3.63, 3.8) is 0 Å². The van der Waals surface area contributed by atoms with Gasteiger partial charge in [-0.25, -0.2) is 0 Å². The van der Waals surface area contributed by atoms with Crippen LogP contribution in [0.2, 0.25) is 5.02 Å². The molecule has 0 aliphatic carbocycles. The molecule has 3 N–H and O–H groups in total. The summed E-state index contributed by atoms with van der Waals surface area (Å²) in [6, 6.07) is 3.06. The van der Waals surface area contributed by atoms with Crippen molar-refractivity contribution in [1.82, 2.24) is 14.8 Å². The van der Waals surface area contributed by atoms with E-state index in [4.69, 9.17) is 17.3 Å². The molecule has 0 radical (unpaired) electrons. The van der Waals surface area contributed by atoms with E-state index in [1.807, 2.05) is 0 Å². The Labute approximate surface area is 84.8 Å². The Morgan fingerprint density at radius 3 is 2.57 bits per heavy atom. The number of hydrogen-bond donors (Lipinski definition) is 2. The van der Waals surface area contributed by atoms with Gasteiger partial charge in [0.1, 0.15) is 12.7 Å².